The Morgan fingerprint density at radius 3 is 2.64 bits per heavy atom. The lowest BCUT2D eigenvalue weighted by Gasteiger charge is -2.21. The van der Waals surface area contributed by atoms with Crippen molar-refractivity contribution in [2.75, 3.05) is 0 Å². The Labute approximate surface area is 167 Å². The third kappa shape index (κ3) is 4.51. The number of benzene rings is 1. The fourth-order valence-corrected chi connectivity index (χ4v) is 3.74. The first-order valence-corrected chi connectivity index (χ1v) is 9.64. The second-order valence-electron chi connectivity index (χ2n) is 7.49. The lowest BCUT2D eigenvalue weighted by atomic mass is 10.1. The highest BCUT2D eigenvalue weighted by Crippen LogP contribution is 2.42. The van der Waals surface area contributed by atoms with E-state index in [1.807, 2.05) is 24.3 Å². The van der Waals surface area contributed by atoms with E-state index in [9.17, 15) is 14.4 Å². The molecular formula is C20H22N2O5S. The molecule has 2 aromatic rings. The molecule has 0 saturated carbocycles. The molecule has 8 heteroatoms. The smallest absolute Gasteiger partial charge is 0.349 e. The molecule has 0 fully saturated rings. The average Bonchev–Trinajstić information content (AvgIpc) is 3.04. The Morgan fingerprint density at radius 2 is 1.93 bits per heavy atom. The number of nitrogens with one attached hydrogen (secondary N) is 2. The summed E-state index contributed by atoms with van der Waals surface area (Å²) in [7, 11) is 0. The number of carbonyl (C=O) groups excluding carboxylic acids is 3. The van der Waals surface area contributed by atoms with Gasteiger partial charge in [-0.25, -0.2) is 9.59 Å². The van der Waals surface area contributed by atoms with Crippen molar-refractivity contribution in [3.8, 4) is 16.2 Å². The third-order valence-electron chi connectivity index (χ3n) is 3.90. The lowest BCUT2D eigenvalue weighted by molar-refractivity contribution is -0.127. The number of urea groups is 1. The van der Waals surface area contributed by atoms with Gasteiger partial charge in [-0.1, -0.05) is 12.1 Å². The molecule has 0 radical (unpaired) electrons. The maximum atomic E-state index is 12.5. The molecule has 0 bridgehead atoms. The summed E-state index contributed by atoms with van der Waals surface area (Å²) >= 11 is 1.30. The van der Waals surface area contributed by atoms with Crippen LogP contribution in [0.15, 0.2) is 30.3 Å². The quantitative estimate of drug-likeness (QED) is 0.767. The van der Waals surface area contributed by atoms with Crippen LogP contribution in [0, 0.1) is 0 Å². The molecule has 28 heavy (non-hydrogen) atoms. The van der Waals surface area contributed by atoms with Crippen molar-refractivity contribution in [2.45, 2.75) is 45.9 Å². The highest BCUT2D eigenvalue weighted by atomic mass is 32.1. The van der Waals surface area contributed by atoms with Gasteiger partial charge < -0.3 is 14.8 Å². The van der Waals surface area contributed by atoms with Crippen molar-refractivity contribution in [1.82, 2.24) is 10.6 Å². The maximum absolute atomic E-state index is 12.5. The number of ether oxygens (including phenoxy) is 2. The van der Waals surface area contributed by atoms with Gasteiger partial charge >= 0.3 is 12.0 Å². The first kappa shape index (κ1) is 19.9. The van der Waals surface area contributed by atoms with Crippen LogP contribution in [0.2, 0.25) is 0 Å². The van der Waals surface area contributed by atoms with Crippen molar-refractivity contribution in [2.24, 2.45) is 0 Å². The van der Waals surface area contributed by atoms with Crippen LogP contribution in [0.4, 0.5) is 4.79 Å². The number of amides is 3. The Kier molecular flexibility index (Phi) is 5.42. The Bertz CT molecular complexity index is 929. The van der Waals surface area contributed by atoms with Gasteiger partial charge in [-0.05, 0) is 45.9 Å². The number of rotatable bonds is 3. The summed E-state index contributed by atoms with van der Waals surface area (Å²) in [6.45, 7) is 7.17. The molecule has 148 valence electrons. The second-order valence-corrected chi connectivity index (χ2v) is 8.54. The molecule has 3 rings (SSSR count). The molecule has 7 nitrogen and oxygen atoms in total. The van der Waals surface area contributed by atoms with E-state index in [0.29, 0.717) is 11.5 Å². The Hall–Kier alpha value is -2.87. The minimum absolute atomic E-state index is 0.374. The third-order valence-corrected chi connectivity index (χ3v) is 5.09. The topological polar surface area (TPSA) is 93.7 Å². The second kappa shape index (κ2) is 7.63. The van der Waals surface area contributed by atoms with E-state index in [4.69, 9.17) is 9.47 Å². The van der Waals surface area contributed by atoms with Gasteiger partial charge in [0.25, 0.3) is 5.91 Å². The van der Waals surface area contributed by atoms with Crippen LogP contribution in [-0.2, 0) is 16.1 Å². The molecule has 2 N–H and O–H groups in total. The number of imide groups is 1. The standard InChI is InChI=1S/C20H22N2O5S/c1-11(17(23)21-19(25)22-20(2,3)4)27-18(24)15-9-12-10-26-14-8-6-5-7-13(14)16(12)28-15/h5-9,11H,10H2,1-4H3,(H2,21,22,23,25)/t11-/m0/s1. The molecule has 1 aromatic heterocycles. The van der Waals surface area contributed by atoms with Crippen molar-refractivity contribution in [3.63, 3.8) is 0 Å². The van der Waals surface area contributed by atoms with Gasteiger partial charge in [0.05, 0.1) is 0 Å². The summed E-state index contributed by atoms with van der Waals surface area (Å²) in [5, 5.41) is 4.78. The number of fused-ring (bicyclic) bond motifs is 3. The van der Waals surface area contributed by atoms with E-state index < -0.39 is 29.6 Å². The zero-order chi connectivity index (χ0) is 20.5. The molecule has 0 aliphatic carbocycles. The van der Waals surface area contributed by atoms with Gasteiger partial charge in [-0.3, -0.25) is 10.1 Å². The van der Waals surface area contributed by atoms with Gasteiger partial charge in [-0.15, -0.1) is 11.3 Å². The molecule has 1 atom stereocenters. The number of para-hydroxylation sites is 1. The zero-order valence-electron chi connectivity index (χ0n) is 16.1. The van der Waals surface area contributed by atoms with Gasteiger partial charge in [0.15, 0.2) is 6.10 Å². The normalized spacial score (nSPS) is 13.4. The Balaban J connectivity index is 1.65. The molecule has 0 spiro atoms. The fraction of sp³-hybridized carbons (Fsp3) is 0.350. The molecule has 0 unspecified atom stereocenters. The highest BCUT2D eigenvalue weighted by Gasteiger charge is 2.26. The van der Waals surface area contributed by atoms with Crippen LogP contribution >= 0.6 is 11.3 Å². The first-order chi connectivity index (χ1) is 13.1. The molecule has 1 aliphatic heterocycles. The number of esters is 1. The summed E-state index contributed by atoms with van der Waals surface area (Å²) in [6.07, 6.45) is -1.11. The van der Waals surface area contributed by atoms with E-state index in [2.05, 4.69) is 10.6 Å². The number of thiophene rings is 1. The number of carbonyl (C=O) groups is 3. The summed E-state index contributed by atoms with van der Waals surface area (Å²) in [6, 6.07) is 8.69. The van der Waals surface area contributed by atoms with Crippen LogP contribution in [0.1, 0.15) is 42.9 Å². The zero-order valence-corrected chi connectivity index (χ0v) is 16.9. The summed E-state index contributed by atoms with van der Waals surface area (Å²) in [5.74, 6) is -0.532. The van der Waals surface area contributed by atoms with Gasteiger partial charge in [0.2, 0.25) is 0 Å². The number of hydrogen-bond donors (Lipinski definition) is 2. The predicted octanol–water partition coefficient (Wildman–Crippen LogP) is 3.48. The van der Waals surface area contributed by atoms with Gasteiger partial charge in [-0.2, -0.15) is 0 Å². The molecule has 1 aromatic carbocycles. The number of hydrogen-bond acceptors (Lipinski definition) is 6. The SMILES string of the molecule is C[C@H](OC(=O)c1cc2c(s1)-c1ccccc1OC2)C(=O)NC(=O)NC(C)(C)C. The molecule has 0 saturated heterocycles. The van der Waals surface area contributed by atoms with E-state index in [1.165, 1.54) is 18.3 Å². The minimum Gasteiger partial charge on any atom is -0.488 e. The minimum atomic E-state index is -1.11. The maximum Gasteiger partial charge on any atom is 0.349 e. The molecular weight excluding hydrogens is 380 g/mol. The molecule has 1 aliphatic rings. The summed E-state index contributed by atoms with van der Waals surface area (Å²) < 4.78 is 10.9. The van der Waals surface area contributed by atoms with Crippen LogP contribution in [0.25, 0.3) is 10.4 Å². The summed E-state index contributed by atoms with van der Waals surface area (Å²) in [4.78, 5) is 37.7. The van der Waals surface area contributed by atoms with Crippen molar-refractivity contribution >= 4 is 29.2 Å². The van der Waals surface area contributed by atoms with Gasteiger partial charge in [0.1, 0.15) is 17.2 Å². The highest BCUT2D eigenvalue weighted by molar-refractivity contribution is 7.17. The van der Waals surface area contributed by atoms with Gasteiger partial charge in [0, 0.05) is 21.5 Å². The molecule has 3 amide bonds. The predicted molar refractivity (Wildman–Crippen MR) is 105 cm³/mol. The van der Waals surface area contributed by atoms with Crippen molar-refractivity contribution in [3.05, 3.63) is 40.8 Å². The van der Waals surface area contributed by atoms with Crippen LogP contribution < -0.4 is 15.4 Å². The average molecular weight is 402 g/mol. The van der Waals surface area contributed by atoms with E-state index in [1.54, 1.807) is 26.8 Å². The fourth-order valence-electron chi connectivity index (χ4n) is 2.66. The lowest BCUT2D eigenvalue weighted by Crippen LogP contribution is -2.50. The van der Waals surface area contributed by atoms with Crippen LogP contribution in [0.3, 0.4) is 0 Å². The Morgan fingerprint density at radius 1 is 1.21 bits per heavy atom. The van der Waals surface area contributed by atoms with Crippen LogP contribution in [0.5, 0.6) is 5.75 Å². The van der Waals surface area contributed by atoms with Crippen molar-refractivity contribution in [1.29, 1.82) is 0 Å². The van der Waals surface area contributed by atoms with Crippen molar-refractivity contribution < 1.29 is 23.9 Å². The largest absolute Gasteiger partial charge is 0.488 e. The van der Waals surface area contributed by atoms with E-state index >= 15 is 0 Å². The summed E-state index contributed by atoms with van der Waals surface area (Å²) in [5.41, 5.74) is 1.34. The van der Waals surface area contributed by atoms with E-state index in [0.717, 1.165) is 21.8 Å². The van der Waals surface area contributed by atoms with E-state index in [-0.39, 0.29) is 0 Å². The monoisotopic (exact) mass is 402 g/mol. The van der Waals surface area contributed by atoms with Crippen LogP contribution in [-0.4, -0.2) is 29.6 Å². The first-order valence-electron chi connectivity index (χ1n) is 8.83. The molecule has 2 heterocycles.